The van der Waals surface area contributed by atoms with Crippen LogP contribution in [0, 0.1) is 11.8 Å². The van der Waals surface area contributed by atoms with Crippen LogP contribution in [0.4, 0.5) is 0 Å². The van der Waals surface area contributed by atoms with Crippen LogP contribution < -0.4 is 19.7 Å². The van der Waals surface area contributed by atoms with E-state index in [1.54, 1.807) is 31.2 Å². The minimum absolute atomic E-state index is 0.0646. The molecule has 0 aromatic heterocycles. The molecule has 2 aromatic rings. The molecule has 1 saturated heterocycles. The summed E-state index contributed by atoms with van der Waals surface area (Å²) in [7, 11) is -4.09. The Morgan fingerprint density at radius 2 is 1.71 bits per heavy atom. The largest absolute Gasteiger partial charge is 0.492 e. The highest BCUT2D eigenvalue weighted by Crippen LogP contribution is 2.22. The molecule has 11 heteroatoms. The molecular formula is C24H29N3O7S. The van der Waals surface area contributed by atoms with Crippen molar-refractivity contribution < 1.29 is 32.6 Å². The van der Waals surface area contributed by atoms with E-state index in [1.165, 1.54) is 29.7 Å². The second-order valence-corrected chi connectivity index (χ2v) is 9.30. The lowest BCUT2D eigenvalue weighted by Gasteiger charge is -2.26. The van der Waals surface area contributed by atoms with Gasteiger partial charge in [-0.1, -0.05) is 18.1 Å². The van der Waals surface area contributed by atoms with Crippen LogP contribution in [0.3, 0.4) is 0 Å². The predicted octanol–water partition coefficient (Wildman–Crippen LogP) is 1.32. The van der Waals surface area contributed by atoms with Crippen LogP contribution in [0.1, 0.15) is 18.5 Å². The van der Waals surface area contributed by atoms with Crippen molar-refractivity contribution in [1.29, 1.82) is 0 Å². The van der Waals surface area contributed by atoms with E-state index in [2.05, 4.69) is 21.5 Å². The van der Waals surface area contributed by atoms with Crippen LogP contribution in [0.5, 0.6) is 11.5 Å². The van der Waals surface area contributed by atoms with Gasteiger partial charge in [-0.2, -0.15) is 4.72 Å². The van der Waals surface area contributed by atoms with E-state index >= 15 is 0 Å². The number of carbonyl (C=O) groups excluding carboxylic acids is 1. The molecule has 0 aliphatic carbocycles. The number of rotatable bonds is 11. The Hall–Kier alpha value is -3.14. The fraction of sp³-hybridized carbons (Fsp3) is 0.375. The first-order chi connectivity index (χ1) is 16.9. The molecule has 1 fully saturated rings. The number of nitrogens with zero attached hydrogens (tertiary/aromatic N) is 1. The maximum atomic E-state index is 12.9. The summed E-state index contributed by atoms with van der Waals surface area (Å²) in [5.41, 5.74) is 1.85. The van der Waals surface area contributed by atoms with Gasteiger partial charge in [0.1, 0.15) is 30.8 Å². The number of hydroxylamine groups is 1. The summed E-state index contributed by atoms with van der Waals surface area (Å²) < 4.78 is 44.6. The lowest BCUT2D eigenvalue weighted by atomic mass is 10.1. The SMILES string of the molecule is CC#CCOc1ccc(S(=O)(=O)NC(C(=O)NO)c2ccc(OCCN3CCOCC3)cc2)cc1. The van der Waals surface area contributed by atoms with Gasteiger partial charge < -0.3 is 14.2 Å². The Morgan fingerprint density at radius 1 is 1.09 bits per heavy atom. The first-order valence-corrected chi connectivity index (χ1v) is 12.5. The Morgan fingerprint density at radius 3 is 2.34 bits per heavy atom. The predicted molar refractivity (Wildman–Crippen MR) is 128 cm³/mol. The summed E-state index contributed by atoms with van der Waals surface area (Å²) in [6.45, 7) is 6.28. The number of hydrogen-bond donors (Lipinski definition) is 3. The lowest BCUT2D eigenvalue weighted by Crippen LogP contribution is -2.39. The number of morpholine rings is 1. The van der Waals surface area contributed by atoms with E-state index in [4.69, 9.17) is 19.4 Å². The van der Waals surface area contributed by atoms with E-state index in [1.807, 2.05) is 0 Å². The zero-order valence-corrected chi connectivity index (χ0v) is 20.2. The quantitative estimate of drug-likeness (QED) is 0.238. The van der Waals surface area contributed by atoms with Crippen LogP contribution in [0.2, 0.25) is 0 Å². The second kappa shape index (κ2) is 13.1. The molecule has 10 nitrogen and oxygen atoms in total. The van der Waals surface area contributed by atoms with Crippen molar-refractivity contribution in [3.63, 3.8) is 0 Å². The van der Waals surface area contributed by atoms with Crippen LogP contribution in [-0.2, 0) is 19.6 Å². The van der Waals surface area contributed by atoms with E-state index in [9.17, 15) is 13.2 Å². The van der Waals surface area contributed by atoms with Gasteiger partial charge in [-0.3, -0.25) is 14.9 Å². The van der Waals surface area contributed by atoms with E-state index in [-0.39, 0.29) is 11.5 Å². The minimum atomic E-state index is -4.09. The van der Waals surface area contributed by atoms with Crippen molar-refractivity contribution in [2.45, 2.75) is 17.9 Å². The molecule has 1 aliphatic heterocycles. The number of amides is 1. The first-order valence-electron chi connectivity index (χ1n) is 11.0. The van der Waals surface area contributed by atoms with Crippen molar-refractivity contribution in [2.75, 3.05) is 46.1 Å². The third-order valence-corrected chi connectivity index (χ3v) is 6.70. The molecule has 0 bridgehead atoms. The normalized spacial score (nSPS) is 14.9. The van der Waals surface area contributed by atoms with Gasteiger partial charge in [0.05, 0.1) is 18.1 Å². The Kier molecular flexibility index (Phi) is 9.89. The standard InChI is InChI=1S/C24H29N3O7S/c1-2-3-15-33-21-8-10-22(11-9-21)35(30,31)26-23(24(28)25-29)19-4-6-20(7-5-19)34-18-14-27-12-16-32-17-13-27/h4-11,23,26,29H,12-18H2,1H3,(H,25,28). The molecule has 1 atom stereocenters. The number of sulfonamides is 1. The Labute approximate surface area is 205 Å². The summed E-state index contributed by atoms with van der Waals surface area (Å²) in [6.07, 6.45) is 0. The Balaban J connectivity index is 1.64. The lowest BCUT2D eigenvalue weighted by molar-refractivity contribution is -0.131. The van der Waals surface area contributed by atoms with Crippen LogP contribution in [0.25, 0.3) is 0 Å². The fourth-order valence-electron chi connectivity index (χ4n) is 3.34. The van der Waals surface area contributed by atoms with Crippen molar-refractivity contribution in [1.82, 2.24) is 15.1 Å². The zero-order chi connectivity index (χ0) is 25.1. The van der Waals surface area contributed by atoms with E-state index < -0.39 is 22.0 Å². The van der Waals surface area contributed by atoms with Gasteiger partial charge in [0.2, 0.25) is 10.0 Å². The maximum Gasteiger partial charge on any atom is 0.266 e. The molecule has 0 spiro atoms. The number of ether oxygens (including phenoxy) is 3. The monoisotopic (exact) mass is 503 g/mol. The highest BCUT2D eigenvalue weighted by atomic mass is 32.2. The van der Waals surface area contributed by atoms with E-state index in [0.717, 1.165) is 19.6 Å². The third-order valence-electron chi connectivity index (χ3n) is 5.26. The molecule has 3 rings (SSSR count). The zero-order valence-electron chi connectivity index (χ0n) is 19.4. The van der Waals surface area contributed by atoms with Crippen molar-refractivity contribution in [3.05, 3.63) is 54.1 Å². The van der Waals surface area contributed by atoms with Gasteiger partial charge >= 0.3 is 0 Å². The summed E-state index contributed by atoms with van der Waals surface area (Å²) in [5, 5.41) is 9.17. The van der Waals surface area contributed by atoms with Gasteiger partial charge in [-0.15, -0.1) is 5.92 Å². The third kappa shape index (κ3) is 7.95. The average molecular weight is 504 g/mol. The van der Waals surface area contributed by atoms with Crippen LogP contribution in [-0.4, -0.2) is 70.5 Å². The van der Waals surface area contributed by atoms with Gasteiger partial charge in [0.25, 0.3) is 5.91 Å². The summed E-state index contributed by atoms with van der Waals surface area (Å²) >= 11 is 0. The second-order valence-electron chi connectivity index (χ2n) is 7.59. The fourth-order valence-corrected chi connectivity index (χ4v) is 4.53. The van der Waals surface area contributed by atoms with Crippen molar-refractivity contribution in [3.8, 4) is 23.3 Å². The summed E-state index contributed by atoms with van der Waals surface area (Å²) in [6, 6.07) is 10.8. The number of hydrogen-bond acceptors (Lipinski definition) is 8. The van der Waals surface area contributed by atoms with Crippen molar-refractivity contribution >= 4 is 15.9 Å². The molecule has 1 amide bonds. The van der Waals surface area contributed by atoms with E-state index in [0.29, 0.717) is 36.9 Å². The molecule has 1 heterocycles. The van der Waals surface area contributed by atoms with Crippen molar-refractivity contribution in [2.24, 2.45) is 0 Å². The van der Waals surface area contributed by atoms with Gasteiger partial charge in [-0.05, 0) is 48.9 Å². The number of benzene rings is 2. The molecule has 0 saturated carbocycles. The maximum absolute atomic E-state index is 12.9. The molecule has 2 aromatic carbocycles. The number of carbonyl (C=O) groups is 1. The molecule has 1 unspecified atom stereocenters. The molecule has 35 heavy (non-hydrogen) atoms. The highest BCUT2D eigenvalue weighted by molar-refractivity contribution is 7.89. The number of nitrogens with one attached hydrogen (secondary N) is 2. The Bertz CT molecular complexity index is 1120. The average Bonchev–Trinajstić information content (AvgIpc) is 2.88. The van der Waals surface area contributed by atoms with Crippen LogP contribution >= 0.6 is 0 Å². The van der Waals surface area contributed by atoms with Crippen LogP contribution in [0.15, 0.2) is 53.4 Å². The van der Waals surface area contributed by atoms with Gasteiger partial charge in [-0.25, -0.2) is 13.9 Å². The highest BCUT2D eigenvalue weighted by Gasteiger charge is 2.27. The topological polar surface area (TPSA) is 126 Å². The smallest absolute Gasteiger partial charge is 0.266 e. The molecule has 1 aliphatic rings. The summed E-state index contributed by atoms with van der Waals surface area (Å²) in [5.74, 6) is 5.56. The van der Waals surface area contributed by atoms with Gasteiger partial charge in [0.15, 0.2) is 0 Å². The van der Waals surface area contributed by atoms with Gasteiger partial charge in [0, 0.05) is 19.6 Å². The molecule has 3 N–H and O–H groups in total. The minimum Gasteiger partial charge on any atom is -0.492 e. The molecule has 188 valence electrons. The summed E-state index contributed by atoms with van der Waals surface area (Å²) in [4.78, 5) is 14.5. The molecule has 0 radical (unpaired) electrons. The first kappa shape index (κ1) is 26.5. The molecular weight excluding hydrogens is 474 g/mol.